The third-order valence-electron chi connectivity index (χ3n) is 4.58. The Labute approximate surface area is 112 Å². The monoisotopic (exact) mass is 252 g/mol. The van der Waals surface area contributed by atoms with Crippen molar-refractivity contribution < 1.29 is 4.79 Å². The van der Waals surface area contributed by atoms with Gasteiger partial charge < -0.3 is 4.90 Å². The molecule has 2 heterocycles. The van der Waals surface area contributed by atoms with Crippen molar-refractivity contribution in [3.63, 3.8) is 0 Å². The maximum Gasteiger partial charge on any atom is 0.154 e. The summed E-state index contributed by atoms with van der Waals surface area (Å²) in [5.74, 6) is 1.22. The highest BCUT2D eigenvalue weighted by molar-refractivity contribution is 5.90. The molecule has 2 aliphatic heterocycles. The second-order valence-electron chi connectivity index (χ2n) is 6.69. The number of ketones is 1. The minimum atomic E-state index is -0.109. The first kappa shape index (κ1) is 14.0. The molecule has 0 atom stereocenters. The molecule has 0 saturated carbocycles. The van der Waals surface area contributed by atoms with E-state index in [2.05, 4.69) is 37.5 Å². The van der Waals surface area contributed by atoms with Crippen LogP contribution in [0.1, 0.15) is 47.0 Å². The van der Waals surface area contributed by atoms with Gasteiger partial charge in [0.1, 0.15) is 0 Å². The van der Waals surface area contributed by atoms with Crippen LogP contribution < -0.4 is 0 Å². The second kappa shape index (κ2) is 5.30. The summed E-state index contributed by atoms with van der Waals surface area (Å²) in [6.45, 7) is 13.3. The van der Waals surface area contributed by atoms with Gasteiger partial charge >= 0.3 is 0 Å². The molecule has 1 spiro atoms. The van der Waals surface area contributed by atoms with Gasteiger partial charge in [0.25, 0.3) is 0 Å². The van der Waals surface area contributed by atoms with Crippen LogP contribution in [0.2, 0.25) is 0 Å². The maximum atomic E-state index is 12.3. The van der Waals surface area contributed by atoms with Crippen LogP contribution in [0.3, 0.4) is 0 Å². The zero-order valence-corrected chi connectivity index (χ0v) is 12.4. The average molecular weight is 252 g/mol. The van der Waals surface area contributed by atoms with E-state index in [0.29, 0.717) is 11.8 Å². The molecule has 3 nitrogen and oxygen atoms in total. The minimum absolute atomic E-state index is 0.109. The number of likely N-dealkylation sites (tertiary alicyclic amines) is 2. The topological polar surface area (TPSA) is 23.6 Å². The van der Waals surface area contributed by atoms with Crippen LogP contribution in [-0.2, 0) is 4.79 Å². The summed E-state index contributed by atoms with van der Waals surface area (Å²) in [6, 6.07) is 0.494. The van der Waals surface area contributed by atoms with Crippen LogP contribution >= 0.6 is 0 Å². The van der Waals surface area contributed by atoms with E-state index >= 15 is 0 Å². The first-order chi connectivity index (χ1) is 8.45. The number of nitrogens with zero attached hydrogens (tertiary/aromatic N) is 2. The predicted octanol–water partition coefficient (Wildman–Crippen LogP) is 2.16. The summed E-state index contributed by atoms with van der Waals surface area (Å²) in [7, 11) is 0. The molecule has 0 N–H and O–H groups in total. The normalized spacial score (nSPS) is 25.8. The van der Waals surface area contributed by atoms with Crippen molar-refractivity contribution in [1.82, 2.24) is 9.80 Å². The van der Waals surface area contributed by atoms with Crippen molar-refractivity contribution in [2.24, 2.45) is 5.92 Å². The van der Waals surface area contributed by atoms with Crippen molar-refractivity contribution in [3.8, 4) is 0 Å². The highest BCUT2D eigenvalue weighted by atomic mass is 16.1. The number of hydrogen-bond donors (Lipinski definition) is 0. The number of hydrogen-bond acceptors (Lipinski definition) is 3. The highest BCUT2D eigenvalue weighted by Crippen LogP contribution is 2.37. The molecule has 0 amide bonds. The van der Waals surface area contributed by atoms with Crippen molar-refractivity contribution in [1.29, 1.82) is 0 Å². The van der Waals surface area contributed by atoms with Gasteiger partial charge in [0.05, 0.1) is 5.54 Å². The molecule has 2 fully saturated rings. The van der Waals surface area contributed by atoms with Crippen molar-refractivity contribution in [2.75, 3.05) is 26.2 Å². The lowest BCUT2D eigenvalue weighted by Gasteiger charge is -2.45. The summed E-state index contributed by atoms with van der Waals surface area (Å²) < 4.78 is 0. The maximum absolute atomic E-state index is 12.3. The standard InChI is InChI=1S/C15H28N2O/c1-12(2)11-16-9-6-15(7-10-16)14(18)5-8-17(15)13(3)4/h12-13H,5-11H2,1-4H3. The highest BCUT2D eigenvalue weighted by Gasteiger charge is 2.50. The summed E-state index contributed by atoms with van der Waals surface area (Å²) in [4.78, 5) is 17.3. The molecule has 2 rings (SSSR count). The predicted molar refractivity (Wildman–Crippen MR) is 74.7 cm³/mol. The number of piperidine rings is 1. The van der Waals surface area contributed by atoms with Crippen LogP contribution in [0.25, 0.3) is 0 Å². The van der Waals surface area contributed by atoms with Gasteiger partial charge in [-0.05, 0) is 32.6 Å². The van der Waals surface area contributed by atoms with Crippen molar-refractivity contribution in [2.45, 2.75) is 58.5 Å². The van der Waals surface area contributed by atoms with E-state index in [-0.39, 0.29) is 5.54 Å². The molecule has 0 bridgehead atoms. The summed E-state index contributed by atoms with van der Waals surface area (Å²) in [6.07, 6.45) is 2.84. The SMILES string of the molecule is CC(C)CN1CCC2(CC1)C(=O)CCN2C(C)C. The minimum Gasteiger partial charge on any atom is -0.303 e. The fourth-order valence-corrected chi connectivity index (χ4v) is 3.77. The fraction of sp³-hybridized carbons (Fsp3) is 0.933. The van der Waals surface area contributed by atoms with E-state index in [1.807, 2.05) is 0 Å². The number of carbonyl (C=O) groups excluding carboxylic acids is 1. The smallest absolute Gasteiger partial charge is 0.154 e. The molecular formula is C15H28N2O. The van der Waals surface area contributed by atoms with Crippen LogP contribution in [0, 0.1) is 5.92 Å². The Bertz CT molecular complexity index is 304. The molecule has 2 saturated heterocycles. The first-order valence-electron chi connectivity index (χ1n) is 7.48. The molecular weight excluding hydrogens is 224 g/mol. The molecule has 104 valence electrons. The fourth-order valence-electron chi connectivity index (χ4n) is 3.77. The van der Waals surface area contributed by atoms with Gasteiger partial charge in [-0.15, -0.1) is 0 Å². The third kappa shape index (κ3) is 2.48. The summed E-state index contributed by atoms with van der Waals surface area (Å²) >= 11 is 0. The largest absolute Gasteiger partial charge is 0.303 e. The van der Waals surface area contributed by atoms with Crippen LogP contribution in [0.15, 0.2) is 0 Å². The Hall–Kier alpha value is -0.410. The molecule has 0 aliphatic carbocycles. The molecule has 18 heavy (non-hydrogen) atoms. The lowest BCUT2D eigenvalue weighted by atomic mass is 9.83. The zero-order chi connectivity index (χ0) is 13.3. The Morgan fingerprint density at radius 1 is 1.11 bits per heavy atom. The van der Waals surface area contributed by atoms with E-state index in [4.69, 9.17) is 0 Å². The van der Waals surface area contributed by atoms with E-state index in [1.165, 1.54) is 6.54 Å². The Kier molecular flexibility index (Phi) is 4.12. The molecule has 3 heteroatoms. The van der Waals surface area contributed by atoms with Crippen molar-refractivity contribution >= 4 is 5.78 Å². The quantitative estimate of drug-likeness (QED) is 0.769. The van der Waals surface area contributed by atoms with Gasteiger partial charge in [-0.1, -0.05) is 13.8 Å². The third-order valence-corrected chi connectivity index (χ3v) is 4.58. The number of carbonyl (C=O) groups is 1. The molecule has 0 unspecified atom stereocenters. The van der Waals surface area contributed by atoms with Gasteiger partial charge in [-0.3, -0.25) is 9.69 Å². The number of Topliss-reactive ketones (excluding diaryl/α,β-unsaturated/α-hetero) is 1. The molecule has 2 aliphatic rings. The molecule has 0 aromatic heterocycles. The van der Waals surface area contributed by atoms with Gasteiger partial charge in [0, 0.05) is 38.6 Å². The molecule has 0 aromatic carbocycles. The Morgan fingerprint density at radius 2 is 1.72 bits per heavy atom. The van der Waals surface area contributed by atoms with E-state index in [0.717, 1.165) is 44.8 Å². The zero-order valence-electron chi connectivity index (χ0n) is 12.4. The van der Waals surface area contributed by atoms with E-state index in [1.54, 1.807) is 0 Å². The van der Waals surface area contributed by atoms with Gasteiger partial charge in [-0.2, -0.15) is 0 Å². The average Bonchev–Trinajstić information content (AvgIpc) is 2.60. The summed E-state index contributed by atoms with van der Waals surface area (Å²) in [5.41, 5.74) is -0.109. The van der Waals surface area contributed by atoms with Crippen molar-refractivity contribution in [3.05, 3.63) is 0 Å². The molecule has 0 aromatic rings. The number of rotatable bonds is 3. The summed E-state index contributed by atoms with van der Waals surface area (Å²) in [5, 5.41) is 0. The van der Waals surface area contributed by atoms with Gasteiger partial charge in [0.15, 0.2) is 5.78 Å². The van der Waals surface area contributed by atoms with E-state index in [9.17, 15) is 4.79 Å². The van der Waals surface area contributed by atoms with E-state index < -0.39 is 0 Å². The lowest BCUT2D eigenvalue weighted by molar-refractivity contribution is -0.128. The Morgan fingerprint density at radius 3 is 2.22 bits per heavy atom. The Balaban J connectivity index is 2.03. The lowest BCUT2D eigenvalue weighted by Crippen LogP contribution is -2.57. The van der Waals surface area contributed by atoms with Gasteiger partial charge in [0.2, 0.25) is 0 Å². The molecule has 0 radical (unpaired) electrons. The van der Waals surface area contributed by atoms with Crippen LogP contribution in [-0.4, -0.2) is 53.3 Å². The first-order valence-corrected chi connectivity index (χ1v) is 7.48. The van der Waals surface area contributed by atoms with Crippen LogP contribution in [0.4, 0.5) is 0 Å². The van der Waals surface area contributed by atoms with Gasteiger partial charge in [-0.25, -0.2) is 0 Å². The van der Waals surface area contributed by atoms with Crippen LogP contribution in [0.5, 0.6) is 0 Å². The second-order valence-corrected chi connectivity index (χ2v) is 6.69.